The lowest BCUT2D eigenvalue weighted by molar-refractivity contribution is -0.141. The molecule has 1 rings (SSSR count). The first kappa shape index (κ1) is 12.8. The fraction of sp³-hybridized carbons (Fsp3) is 0.333. The lowest BCUT2D eigenvalue weighted by atomic mass is 10.2. The summed E-state index contributed by atoms with van der Waals surface area (Å²) in [6.45, 7) is 3.99. The molecule has 3 nitrogen and oxygen atoms in total. The van der Waals surface area contributed by atoms with Gasteiger partial charge in [0.2, 0.25) is 0 Å². The second kappa shape index (κ2) is 6.33. The topological polar surface area (TPSA) is 38.7 Å². The Morgan fingerprint density at radius 3 is 2.75 bits per heavy atom. The molecule has 0 aliphatic rings. The van der Waals surface area contributed by atoms with Crippen LogP contribution in [-0.4, -0.2) is 18.3 Å². The molecule has 1 aromatic rings. The first-order chi connectivity index (χ1) is 7.63. The number of esters is 1. The third-order valence-corrected chi connectivity index (χ3v) is 2.28. The van der Waals surface area contributed by atoms with Crippen LogP contribution in [0.2, 0.25) is 0 Å². The molecule has 0 saturated heterocycles. The van der Waals surface area contributed by atoms with E-state index in [1.165, 1.54) is 0 Å². The van der Waals surface area contributed by atoms with Crippen molar-refractivity contribution in [2.24, 2.45) is 4.99 Å². The van der Waals surface area contributed by atoms with Gasteiger partial charge in [0.05, 0.1) is 18.7 Å². The summed E-state index contributed by atoms with van der Waals surface area (Å²) in [7, 11) is 0. The quantitative estimate of drug-likeness (QED) is 0.496. The maximum atomic E-state index is 11.2. The van der Waals surface area contributed by atoms with Gasteiger partial charge in [-0.05, 0) is 26.0 Å². The predicted octanol–water partition coefficient (Wildman–Crippen LogP) is 3.02. The smallest absolute Gasteiger partial charge is 0.311 e. The molecule has 0 N–H and O–H groups in total. The Labute approximate surface area is 101 Å². The van der Waals surface area contributed by atoms with Crippen molar-refractivity contribution in [2.75, 3.05) is 6.61 Å². The Morgan fingerprint density at radius 2 is 2.12 bits per heavy atom. The Balaban J connectivity index is 2.70. The monoisotopic (exact) mass is 237 g/mol. The zero-order valence-corrected chi connectivity index (χ0v) is 10.3. The van der Waals surface area contributed by atoms with Gasteiger partial charge >= 0.3 is 5.97 Å². The van der Waals surface area contributed by atoms with Gasteiger partial charge in [-0.3, -0.25) is 9.79 Å². The Morgan fingerprint density at radius 1 is 1.44 bits per heavy atom. The van der Waals surface area contributed by atoms with Gasteiger partial charge in [-0.15, -0.1) is 12.6 Å². The molecule has 0 saturated carbocycles. The minimum absolute atomic E-state index is 0.218. The molecule has 4 heteroatoms. The van der Waals surface area contributed by atoms with E-state index in [0.29, 0.717) is 6.61 Å². The Kier molecular flexibility index (Phi) is 5.05. The summed E-state index contributed by atoms with van der Waals surface area (Å²) in [4.78, 5) is 16.3. The fourth-order valence-corrected chi connectivity index (χ4v) is 1.44. The summed E-state index contributed by atoms with van der Waals surface area (Å²) in [6.07, 6.45) is 0.218. The number of ether oxygens (including phenoxy) is 1. The van der Waals surface area contributed by atoms with Crippen LogP contribution in [0.1, 0.15) is 20.3 Å². The first-order valence-electron chi connectivity index (χ1n) is 5.11. The van der Waals surface area contributed by atoms with Crippen molar-refractivity contribution in [2.45, 2.75) is 25.2 Å². The highest BCUT2D eigenvalue weighted by Gasteiger charge is 2.04. The highest BCUT2D eigenvalue weighted by atomic mass is 32.1. The lowest BCUT2D eigenvalue weighted by Gasteiger charge is -2.03. The number of hydrogen-bond acceptors (Lipinski definition) is 4. The molecular formula is C12H15NO2S. The summed E-state index contributed by atoms with van der Waals surface area (Å²) in [5, 5.41) is 0. The van der Waals surface area contributed by atoms with Crippen LogP contribution in [0.25, 0.3) is 0 Å². The molecule has 0 spiro atoms. The van der Waals surface area contributed by atoms with Crippen LogP contribution >= 0.6 is 12.6 Å². The molecule has 0 heterocycles. The van der Waals surface area contributed by atoms with Gasteiger partial charge in [0.25, 0.3) is 0 Å². The van der Waals surface area contributed by atoms with Gasteiger partial charge in [-0.2, -0.15) is 0 Å². The van der Waals surface area contributed by atoms with Gasteiger partial charge in [-0.1, -0.05) is 12.1 Å². The second-order valence-corrected chi connectivity index (χ2v) is 3.80. The van der Waals surface area contributed by atoms with Crippen molar-refractivity contribution in [3.05, 3.63) is 24.3 Å². The van der Waals surface area contributed by atoms with Crippen molar-refractivity contribution in [3.8, 4) is 0 Å². The van der Waals surface area contributed by atoms with Crippen LogP contribution in [0.5, 0.6) is 0 Å². The predicted molar refractivity (Wildman–Crippen MR) is 67.7 cm³/mol. The number of aliphatic imine (C=N–C) groups is 1. The van der Waals surface area contributed by atoms with Crippen LogP contribution < -0.4 is 0 Å². The molecule has 0 fully saturated rings. The molecule has 0 amide bonds. The minimum Gasteiger partial charge on any atom is -0.466 e. The van der Waals surface area contributed by atoms with E-state index in [2.05, 4.69) is 17.6 Å². The number of nitrogens with zero attached hydrogens (tertiary/aromatic N) is 1. The number of carbonyl (C=O) groups excluding carboxylic acids is 1. The highest BCUT2D eigenvalue weighted by molar-refractivity contribution is 7.80. The maximum Gasteiger partial charge on any atom is 0.311 e. The van der Waals surface area contributed by atoms with Crippen molar-refractivity contribution >= 4 is 30.0 Å². The third kappa shape index (κ3) is 4.06. The van der Waals surface area contributed by atoms with E-state index < -0.39 is 0 Å². The maximum absolute atomic E-state index is 11.2. The van der Waals surface area contributed by atoms with Gasteiger partial charge < -0.3 is 4.74 Å². The van der Waals surface area contributed by atoms with Crippen molar-refractivity contribution in [3.63, 3.8) is 0 Å². The fourth-order valence-electron chi connectivity index (χ4n) is 1.22. The van der Waals surface area contributed by atoms with Crippen molar-refractivity contribution < 1.29 is 9.53 Å². The number of rotatable bonds is 4. The number of para-hydroxylation sites is 1. The van der Waals surface area contributed by atoms with Gasteiger partial charge in [0, 0.05) is 10.6 Å². The number of thiol groups is 1. The normalized spacial score (nSPS) is 11.3. The largest absolute Gasteiger partial charge is 0.466 e. The van der Waals surface area contributed by atoms with E-state index in [4.69, 9.17) is 4.74 Å². The molecule has 86 valence electrons. The van der Waals surface area contributed by atoms with E-state index in [1.54, 1.807) is 13.8 Å². The molecule has 0 aliphatic carbocycles. The SMILES string of the molecule is CCOC(=O)CC(C)=Nc1ccccc1S. The molecule has 0 radical (unpaired) electrons. The van der Waals surface area contributed by atoms with Gasteiger partial charge in [-0.25, -0.2) is 0 Å². The lowest BCUT2D eigenvalue weighted by Crippen LogP contribution is -2.08. The average Bonchev–Trinajstić information content (AvgIpc) is 2.21. The van der Waals surface area contributed by atoms with E-state index in [1.807, 2.05) is 24.3 Å². The molecule has 0 bridgehead atoms. The van der Waals surface area contributed by atoms with E-state index >= 15 is 0 Å². The third-order valence-electron chi connectivity index (χ3n) is 1.90. The molecule has 0 atom stereocenters. The minimum atomic E-state index is -0.250. The standard InChI is InChI=1S/C12H15NO2S/c1-3-15-12(14)8-9(2)13-10-6-4-5-7-11(10)16/h4-7,16H,3,8H2,1-2H3. The van der Waals surface area contributed by atoms with Crippen LogP contribution in [0.3, 0.4) is 0 Å². The molecular weight excluding hydrogens is 222 g/mol. The van der Waals surface area contributed by atoms with E-state index in [9.17, 15) is 4.79 Å². The zero-order chi connectivity index (χ0) is 12.0. The number of carbonyl (C=O) groups is 1. The first-order valence-corrected chi connectivity index (χ1v) is 5.56. The summed E-state index contributed by atoms with van der Waals surface area (Å²) in [6, 6.07) is 7.49. The van der Waals surface area contributed by atoms with Crippen molar-refractivity contribution in [1.82, 2.24) is 0 Å². The zero-order valence-electron chi connectivity index (χ0n) is 9.43. The summed E-state index contributed by atoms with van der Waals surface area (Å²) >= 11 is 4.28. The van der Waals surface area contributed by atoms with Crippen LogP contribution in [0, 0.1) is 0 Å². The summed E-state index contributed by atoms with van der Waals surface area (Å²) in [5.74, 6) is -0.250. The number of hydrogen-bond donors (Lipinski definition) is 1. The molecule has 0 aromatic heterocycles. The average molecular weight is 237 g/mol. The van der Waals surface area contributed by atoms with E-state index in [0.717, 1.165) is 16.3 Å². The summed E-state index contributed by atoms with van der Waals surface area (Å²) in [5.41, 5.74) is 1.49. The van der Waals surface area contributed by atoms with E-state index in [-0.39, 0.29) is 12.4 Å². The Bertz CT molecular complexity index is 402. The molecule has 0 aliphatic heterocycles. The summed E-state index contributed by atoms with van der Waals surface area (Å²) < 4.78 is 4.84. The van der Waals surface area contributed by atoms with Crippen LogP contribution in [0.4, 0.5) is 5.69 Å². The number of benzene rings is 1. The van der Waals surface area contributed by atoms with Gasteiger partial charge in [0.1, 0.15) is 0 Å². The molecule has 0 unspecified atom stereocenters. The second-order valence-electron chi connectivity index (χ2n) is 3.32. The van der Waals surface area contributed by atoms with Gasteiger partial charge in [0.15, 0.2) is 0 Å². The molecule has 1 aromatic carbocycles. The van der Waals surface area contributed by atoms with Crippen molar-refractivity contribution in [1.29, 1.82) is 0 Å². The van der Waals surface area contributed by atoms with Crippen LogP contribution in [0.15, 0.2) is 34.2 Å². The Hall–Kier alpha value is -1.29. The highest BCUT2D eigenvalue weighted by Crippen LogP contribution is 2.22. The molecule has 16 heavy (non-hydrogen) atoms. The van der Waals surface area contributed by atoms with Crippen LogP contribution in [-0.2, 0) is 9.53 Å².